The number of carbonyl (C=O) groups is 3. The highest BCUT2D eigenvalue weighted by atomic mass is 35.5. The zero-order chi connectivity index (χ0) is 29.5. The number of rotatable bonds is 10. The van der Waals surface area contributed by atoms with Gasteiger partial charge in [-0.05, 0) is 60.7 Å². The van der Waals surface area contributed by atoms with Gasteiger partial charge in [0.2, 0.25) is 11.7 Å². The average molecular weight is 600 g/mol. The van der Waals surface area contributed by atoms with E-state index < -0.39 is 28.9 Å². The molecule has 2 aromatic carbocycles. The number of nitrogens with one attached hydrogen (secondary N) is 1. The van der Waals surface area contributed by atoms with Gasteiger partial charge in [0.1, 0.15) is 6.10 Å². The minimum atomic E-state index is -2.51. The van der Waals surface area contributed by atoms with Gasteiger partial charge in [0.15, 0.2) is 0 Å². The summed E-state index contributed by atoms with van der Waals surface area (Å²) >= 11 is 12.1. The van der Waals surface area contributed by atoms with Crippen molar-refractivity contribution in [2.75, 3.05) is 13.2 Å². The van der Waals surface area contributed by atoms with E-state index in [1.54, 1.807) is 42.5 Å². The molecule has 1 aliphatic carbocycles. The van der Waals surface area contributed by atoms with Crippen LogP contribution < -0.4 is 5.32 Å². The summed E-state index contributed by atoms with van der Waals surface area (Å²) in [5.74, 6) is -2.31. The molecular formula is C30H28Cl2FN3O5. The highest BCUT2D eigenvalue weighted by Gasteiger charge is 2.61. The molecule has 0 radical (unpaired) electrons. The SMILES string of the molecule is CC(=O)NCC1(CO[C@@]2(C(=O)C(C)O)c3ccc(-c4ccc(Cl)cc4)c(Cc4ccc(Cl)cn4)c3C(=O)N2F)CC1. The summed E-state index contributed by atoms with van der Waals surface area (Å²) in [7, 11) is 0. The Morgan fingerprint density at radius 2 is 1.80 bits per heavy atom. The first-order chi connectivity index (χ1) is 19.5. The van der Waals surface area contributed by atoms with Gasteiger partial charge in [0.05, 0.1) is 17.2 Å². The van der Waals surface area contributed by atoms with Crippen molar-refractivity contribution in [3.63, 3.8) is 0 Å². The smallest absolute Gasteiger partial charge is 0.285 e. The summed E-state index contributed by atoms with van der Waals surface area (Å²) in [6.45, 7) is 2.75. The van der Waals surface area contributed by atoms with Crippen LogP contribution in [0.5, 0.6) is 0 Å². The molecule has 3 aromatic rings. The maximum atomic E-state index is 16.2. The monoisotopic (exact) mass is 599 g/mol. The molecule has 1 aliphatic heterocycles. The number of aliphatic hydroxyl groups is 1. The first-order valence-corrected chi connectivity index (χ1v) is 13.9. The number of halogens is 3. The minimum Gasteiger partial charge on any atom is -0.385 e. The third-order valence-corrected chi connectivity index (χ3v) is 8.09. The molecule has 8 nitrogen and oxygen atoms in total. The number of nitrogens with zero attached hydrogens (tertiary/aromatic N) is 2. The summed E-state index contributed by atoms with van der Waals surface area (Å²) in [6, 6.07) is 13.5. The van der Waals surface area contributed by atoms with Crippen LogP contribution in [0, 0.1) is 5.41 Å². The first-order valence-electron chi connectivity index (χ1n) is 13.1. The number of carbonyl (C=O) groups excluding carboxylic acids is 3. The number of fused-ring (bicyclic) bond motifs is 1. The lowest BCUT2D eigenvalue weighted by atomic mass is 9.86. The maximum absolute atomic E-state index is 16.2. The van der Waals surface area contributed by atoms with E-state index in [-0.39, 0.29) is 41.7 Å². The third kappa shape index (κ3) is 5.47. The molecule has 41 heavy (non-hydrogen) atoms. The van der Waals surface area contributed by atoms with Crippen LogP contribution in [0.1, 0.15) is 53.9 Å². The predicted octanol–water partition coefficient (Wildman–Crippen LogP) is 5.02. The van der Waals surface area contributed by atoms with Crippen molar-refractivity contribution in [2.24, 2.45) is 5.41 Å². The molecule has 2 aliphatic rings. The number of amides is 2. The van der Waals surface area contributed by atoms with Crippen LogP contribution in [0.3, 0.4) is 0 Å². The molecule has 1 aromatic heterocycles. The quantitative estimate of drug-likeness (QED) is 0.317. The second kappa shape index (κ2) is 11.1. The number of aliphatic hydroxyl groups excluding tert-OH is 1. The molecule has 11 heteroatoms. The Labute approximate surface area is 246 Å². The summed E-state index contributed by atoms with van der Waals surface area (Å²) in [5, 5.41) is 13.8. The molecule has 1 fully saturated rings. The van der Waals surface area contributed by atoms with Gasteiger partial charge in [0, 0.05) is 47.8 Å². The average Bonchev–Trinajstić information content (AvgIpc) is 3.69. The highest BCUT2D eigenvalue weighted by Crippen LogP contribution is 2.50. The maximum Gasteiger partial charge on any atom is 0.285 e. The second-order valence-electron chi connectivity index (χ2n) is 10.6. The number of ketones is 1. The zero-order valence-electron chi connectivity index (χ0n) is 22.4. The van der Waals surface area contributed by atoms with Gasteiger partial charge in [-0.15, -0.1) is 5.12 Å². The lowest BCUT2D eigenvalue weighted by molar-refractivity contribution is -0.217. The van der Waals surface area contributed by atoms with Gasteiger partial charge >= 0.3 is 0 Å². The van der Waals surface area contributed by atoms with Crippen LogP contribution in [0.4, 0.5) is 4.48 Å². The minimum absolute atomic E-state index is 0.00657. The van der Waals surface area contributed by atoms with E-state index in [4.69, 9.17) is 27.9 Å². The number of aromatic nitrogens is 1. The van der Waals surface area contributed by atoms with E-state index in [0.29, 0.717) is 45.3 Å². The van der Waals surface area contributed by atoms with Gasteiger partial charge in [0.25, 0.3) is 11.6 Å². The fraction of sp³-hybridized carbons (Fsp3) is 0.333. The molecule has 2 N–H and O–H groups in total. The lowest BCUT2D eigenvalue weighted by Gasteiger charge is -2.34. The summed E-state index contributed by atoms with van der Waals surface area (Å²) in [5.41, 5.74) is -0.753. The Morgan fingerprint density at radius 3 is 2.39 bits per heavy atom. The molecule has 0 saturated heterocycles. The fourth-order valence-corrected chi connectivity index (χ4v) is 5.37. The van der Waals surface area contributed by atoms with E-state index in [2.05, 4.69) is 10.3 Å². The number of pyridine rings is 1. The Balaban J connectivity index is 1.66. The van der Waals surface area contributed by atoms with Crippen molar-refractivity contribution in [3.05, 3.63) is 87.2 Å². The van der Waals surface area contributed by atoms with Crippen molar-refractivity contribution < 1.29 is 28.7 Å². The Bertz CT molecular complexity index is 1510. The molecule has 5 rings (SSSR count). The largest absolute Gasteiger partial charge is 0.385 e. The summed E-state index contributed by atoms with van der Waals surface area (Å²) in [6.07, 6.45) is 1.31. The van der Waals surface area contributed by atoms with Gasteiger partial charge in [-0.1, -0.05) is 51.9 Å². The number of ether oxygens (including phenoxy) is 1. The van der Waals surface area contributed by atoms with Gasteiger partial charge < -0.3 is 15.2 Å². The van der Waals surface area contributed by atoms with Crippen molar-refractivity contribution in [3.8, 4) is 11.1 Å². The number of Topliss-reactive ketones (excluding diaryl/α,β-unsaturated/α-hetero) is 1. The molecule has 0 bridgehead atoms. The van der Waals surface area contributed by atoms with Crippen LogP contribution in [0.2, 0.25) is 10.0 Å². The van der Waals surface area contributed by atoms with E-state index in [9.17, 15) is 19.5 Å². The molecule has 0 spiro atoms. The molecule has 214 valence electrons. The van der Waals surface area contributed by atoms with Crippen LogP contribution in [-0.4, -0.2) is 52.1 Å². The van der Waals surface area contributed by atoms with Gasteiger partial charge in [-0.25, -0.2) is 0 Å². The van der Waals surface area contributed by atoms with E-state index in [0.717, 1.165) is 0 Å². The van der Waals surface area contributed by atoms with E-state index >= 15 is 4.48 Å². The molecule has 1 unspecified atom stereocenters. The van der Waals surface area contributed by atoms with Gasteiger partial charge in [-0.2, -0.15) is 0 Å². The Kier molecular flexibility index (Phi) is 7.91. The fourth-order valence-electron chi connectivity index (χ4n) is 5.13. The molecule has 2 amide bonds. The number of hydrogen-bond acceptors (Lipinski definition) is 6. The normalized spacial score (nSPS) is 19.6. The Morgan fingerprint density at radius 1 is 1.12 bits per heavy atom. The molecule has 1 saturated carbocycles. The summed E-state index contributed by atoms with van der Waals surface area (Å²) < 4.78 is 22.3. The summed E-state index contributed by atoms with van der Waals surface area (Å²) in [4.78, 5) is 43.1. The molecule has 2 atom stereocenters. The van der Waals surface area contributed by atoms with Crippen LogP contribution >= 0.6 is 23.2 Å². The van der Waals surface area contributed by atoms with Crippen LogP contribution in [-0.2, 0) is 26.5 Å². The van der Waals surface area contributed by atoms with Crippen molar-refractivity contribution >= 4 is 40.8 Å². The van der Waals surface area contributed by atoms with Crippen molar-refractivity contribution in [1.82, 2.24) is 15.4 Å². The number of benzene rings is 2. The third-order valence-electron chi connectivity index (χ3n) is 7.62. The molecular weight excluding hydrogens is 572 g/mol. The van der Waals surface area contributed by atoms with Crippen molar-refractivity contribution in [1.29, 1.82) is 0 Å². The lowest BCUT2D eigenvalue weighted by Crippen LogP contribution is -2.52. The topological polar surface area (TPSA) is 109 Å². The van der Waals surface area contributed by atoms with E-state index in [1.807, 2.05) is 0 Å². The van der Waals surface area contributed by atoms with Gasteiger partial charge in [-0.3, -0.25) is 19.4 Å². The van der Waals surface area contributed by atoms with Crippen molar-refractivity contribution in [2.45, 2.75) is 44.9 Å². The second-order valence-corrected chi connectivity index (χ2v) is 11.5. The predicted molar refractivity (Wildman–Crippen MR) is 151 cm³/mol. The zero-order valence-corrected chi connectivity index (χ0v) is 23.9. The highest BCUT2D eigenvalue weighted by molar-refractivity contribution is 6.30. The van der Waals surface area contributed by atoms with Crippen LogP contribution in [0.25, 0.3) is 11.1 Å². The Hall–Kier alpha value is -3.37. The number of hydrogen-bond donors (Lipinski definition) is 2. The first kappa shape index (κ1) is 29.1. The van der Waals surface area contributed by atoms with E-state index in [1.165, 1.54) is 26.1 Å². The standard InChI is InChI=1S/C30H28Cl2FN3O5/c1-17(37)27(39)30(41-16-29(11-12-29)15-35-18(2)38)25-10-9-23(19-3-5-20(31)6-4-19)24(26(25)28(40)36(30)33)13-22-8-7-21(32)14-34-22/h3-10,14,17,37H,11-13,15-16H2,1-2H3,(H,35,38)/t17?,30-/m1/s1. The van der Waals surface area contributed by atoms with Crippen LogP contribution in [0.15, 0.2) is 54.7 Å². The molecule has 2 heterocycles.